The van der Waals surface area contributed by atoms with Crippen molar-refractivity contribution in [3.8, 4) is 0 Å². The molecule has 0 aromatic carbocycles. The first kappa shape index (κ1) is 10.8. The number of carbonyl (C=O) groups excluding carboxylic acids is 1. The summed E-state index contributed by atoms with van der Waals surface area (Å²) >= 11 is 1.63. The number of aromatic nitrogens is 3. The van der Waals surface area contributed by atoms with Crippen LogP contribution in [0.1, 0.15) is 9.75 Å². The average Bonchev–Trinajstić information content (AvgIpc) is 2.77. The van der Waals surface area contributed by atoms with Crippen LogP contribution in [0.15, 0.2) is 18.5 Å². The number of nitrogens with one attached hydrogen (secondary N) is 1. The molecule has 2 aromatic rings. The maximum atomic E-state index is 11.7. The molecule has 2 heterocycles. The summed E-state index contributed by atoms with van der Waals surface area (Å²) in [5.41, 5.74) is 0. The molecule has 1 amide bonds. The predicted molar refractivity (Wildman–Crippen MR) is 62.4 cm³/mol. The van der Waals surface area contributed by atoms with Gasteiger partial charge in [0, 0.05) is 16.8 Å². The lowest BCUT2D eigenvalue weighted by atomic mass is 10.3. The Morgan fingerprint density at radius 1 is 1.56 bits per heavy atom. The number of hydrogen-bond acceptors (Lipinski definition) is 4. The molecule has 5 nitrogen and oxygen atoms in total. The van der Waals surface area contributed by atoms with E-state index in [-0.39, 0.29) is 5.91 Å². The maximum Gasteiger partial charge on any atom is 0.231 e. The zero-order valence-electron chi connectivity index (χ0n) is 9.10. The molecule has 6 heteroatoms. The van der Waals surface area contributed by atoms with Gasteiger partial charge in [-0.25, -0.2) is 0 Å². The number of thiophene rings is 1. The molecule has 0 radical (unpaired) electrons. The SMILES string of the molecule is Cc1ccc(CC(=O)Nc2nncn2C)s1. The van der Waals surface area contributed by atoms with Crippen molar-refractivity contribution < 1.29 is 4.79 Å². The minimum atomic E-state index is -0.0713. The van der Waals surface area contributed by atoms with E-state index >= 15 is 0 Å². The van der Waals surface area contributed by atoms with E-state index in [1.807, 2.05) is 19.1 Å². The molecule has 16 heavy (non-hydrogen) atoms. The van der Waals surface area contributed by atoms with Crippen LogP contribution in [0, 0.1) is 6.92 Å². The van der Waals surface area contributed by atoms with Gasteiger partial charge >= 0.3 is 0 Å². The quantitative estimate of drug-likeness (QED) is 0.875. The highest BCUT2D eigenvalue weighted by Crippen LogP contribution is 2.15. The highest BCUT2D eigenvalue weighted by molar-refractivity contribution is 7.12. The molecule has 0 aliphatic heterocycles. The van der Waals surface area contributed by atoms with Gasteiger partial charge in [-0.05, 0) is 19.1 Å². The normalized spacial score (nSPS) is 10.4. The Morgan fingerprint density at radius 2 is 2.38 bits per heavy atom. The smallest absolute Gasteiger partial charge is 0.231 e. The number of carbonyl (C=O) groups is 1. The van der Waals surface area contributed by atoms with E-state index < -0.39 is 0 Å². The van der Waals surface area contributed by atoms with Crippen LogP contribution >= 0.6 is 11.3 Å². The highest BCUT2D eigenvalue weighted by Gasteiger charge is 2.08. The van der Waals surface area contributed by atoms with Gasteiger partial charge in [0.1, 0.15) is 6.33 Å². The molecular formula is C10H12N4OS. The fourth-order valence-corrected chi connectivity index (χ4v) is 2.19. The van der Waals surface area contributed by atoms with Gasteiger partial charge in [0.25, 0.3) is 0 Å². The number of aryl methyl sites for hydroxylation is 2. The summed E-state index contributed by atoms with van der Waals surface area (Å²) in [6, 6.07) is 3.98. The van der Waals surface area contributed by atoms with Crippen LogP contribution in [0.5, 0.6) is 0 Å². The third-order valence-corrected chi connectivity index (χ3v) is 3.09. The van der Waals surface area contributed by atoms with Crippen LogP contribution in [0.3, 0.4) is 0 Å². The Labute approximate surface area is 97.1 Å². The fraction of sp³-hybridized carbons (Fsp3) is 0.300. The predicted octanol–water partition coefficient (Wildman–Crippen LogP) is 1.37. The molecule has 0 aliphatic rings. The van der Waals surface area contributed by atoms with Crippen molar-refractivity contribution in [2.24, 2.45) is 7.05 Å². The topological polar surface area (TPSA) is 59.8 Å². The van der Waals surface area contributed by atoms with E-state index in [0.717, 1.165) is 4.88 Å². The maximum absolute atomic E-state index is 11.7. The van der Waals surface area contributed by atoms with Gasteiger partial charge in [-0.1, -0.05) is 0 Å². The molecular weight excluding hydrogens is 224 g/mol. The molecule has 2 aromatic heterocycles. The molecule has 0 saturated carbocycles. The largest absolute Gasteiger partial charge is 0.303 e. The minimum absolute atomic E-state index is 0.0713. The molecule has 0 unspecified atom stereocenters. The first-order chi connectivity index (χ1) is 7.65. The Morgan fingerprint density at radius 3 is 2.94 bits per heavy atom. The first-order valence-electron chi connectivity index (χ1n) is 4.84. The van der Waals surface area contributed by atoms with E-state index in [2.05, 4.69) is 15.5 Å². The third kappa shape index (κ3) is 2.46. The number of nitrogens with zero attached hydrogens (tertiary/aromatic N) is 3. The van der Waals surface area contributed by atoms with Gasteiger partial charge in [0.05, 0.1) is 6.42 Å². The van der Waals surface area contributed by atoms with E-state index in [0.29, 0.717) is 12.4 Å². The lowest BCUT2D eigenvalue weighted by molar-refractivity contribution is -0.115. The second-order valence-electron chi connectivity index (χ2n) is 3.50. The standard InChI is InChI=1S/C10H12N4OS/c1-7-3-4-8(16-7)5-9(15)12-10-13-11-6-14(10)2/h3-4,6H,5H2,1-2H3,(H,12,13,15). The Kier molecular flexibility index (Phi) is 3.00. The van der Waals surface area contributed by atoms with Crippen LogP contribution in [-0.4, -0.2) is 20.7 Å². The second kappa shape index (κ2) is 4.44. The van der Waals surface area contributed by atoms with Crippen LogP contribution < -0.4 is 5.32 Å². The van der Waals surface area contributed by atoms with Crippen LogP contribution in [0.4, 0.5) is 5.95 Å². The molecule has 0 spiro atoms. The van der Waals surface area contributed by atoms with Gasteiger partial charge in [0.2, 0.25) is 11.9 Å². The van der Waals surface area contributed by atoms with Crippen LogP contribution in [0.2, 0.25) is 0 Å². The monoisotopic (exact) mass is 236 g/mol. The van der Waals surface area contributed by atoms with E-state index in [4.69, 9.17) is 0 Å². The van der Waals surface area contributed by atoms with Gasteiger partial charge in [-0.15, -0.1) is 21.5 Å². The molecule has 0 aliphatic carbocycles. The Bertz CT molecular complexity index is 502. The minimum Gasteiger partial charge on any atom is -0.303 e. The van der Waals surface area contributed by atoms with Gasteiger partial charge in [-0.3, -0.25) is 10.1 Å². The van der Waals surface area contributed by atoms with Crippen molar-refractivity contribution in [2.75, 3.05) is 5.32 Å². The van der Waals surface area contributed by atoms with Crippen molar-refractivity contribution in [1.29, 1.82) is 0 Å². The van der Waals surface area contributed by atoms with Crippen LogP contribution in [0.25, 0.3) is 0 Å². The molecule has 0 atom stereocenters. The molecule has 0 saturated heterocycles. The van der Waals surface area contributed by atoms with Gasteiger partial charge in [0.15, 0.2) is 0 Å². The van der Waals surface area contributed by atoms with Crippen molar-refractivity contribution in [3.05, 3.63) is 28.2 Å². The average molecular weight is 236 g/mol. The second-order valence-corrected chi connectivity index (χ2v) is 4.88. The Balaban J connectivity index is 1.97. The van der Waals surface area contributed by atoms with E-state index in [1.54, 1.807) is 29.3 Å². The summed E-state index contributed by atoms with van der Waals surface area (Å²) in [7, 11) is 1.78. The molecule has 1 N–H and O–H groups in total. The first-order valence-corrected chi connectivity index (χ1v) is 5.66. The fourth-order valence-electron chi connectivity index (χ4n) is 1.30. The summed E-state index contributed by atoms with van der Waals surface area (Å²) in [6.07, 6.45) is 1.93. The number of amides is 1. The lowest BCUT2D eigenvalue weighted by Gasteiger charge is -2.01. The van der Waals surface area contributed by atoms with Crippen LogP contribution in [-0.2, 0) is 18.3 Å². The van der Waals surface area contributed by atoms with Crippen molar-refractivity contribution in [1.82, 2.24) is 14.8 Å². The summed E-state index contributed by atoms with van der Waals surface area (Å²) in [4.78, 5) is 13.9. The Hall–Kier alpha value is -1.69. The van der Waals surface area contributed by atoms with E-state index in [9.17, 15) is 4.79 Å². The number of anilines is 1. The number of rotatable bonds is 3. The summed E-state index contributed by atoms with van der Waals surface area (Å²) in [5.74, 6) is 0.399. The third-order valence-electron chi connectivity index (χ3n) is 2.09. The highest BCUT2D eigenvalue weighted by atomic mass is 32.1. The van der Waals surface area contributed by atoms with Crippen molar-refractivity contribution >= 4 is 23.2 Å². The zero-order chi connectivity index (χ0) is 11.5. The van der Waals surface area contributed by atoms with E-state index in [1.165, 1.54) is 4.88 Å². The summed E-state index contributed by atoms with van der Waals surface area (Å²) < 4.78 is 1.66. The molecule has 2 rings (SSSR count). The van der Waals surface area contributed by atoms with Crippen molar-refractivity contribution in [3.63, 3.8) is 0 Å². The summed E-state index contributed by atoms with van der Waals surface area (Å²) in [6.45, 7) is 2.02. The zero-order valence-corrected chi connectivity index (χ0v) is 9.91. The summed E-state index contributed by atoms with van der Waals surface area (Å²) in [5, 5.41) is 10.2. The lowest BCUT2D eigenvalue weighted by Crippen LogP contribution is -2.16. The van der Waals surface area contributed by atoms with Gasteiger partial charge in [-0.2, -0.15) is 0 Å². The molecule has 0 fully saturated rings. The molecule has 0 bridgehead atoms. The molecule has 84 valence electrons. The van der Waals surface area contributed by atoms with Crippen molar-refractivity contribution in [2.45, 2.75) is 13.3 Å². The van der Waals surface area contributed by atoms with Gasteiger partial charge < -0.3 is 4.57 Å². The number of hydrogen-bond donors (Lipinski definition) is 1.